The van der Waals surface area contributed by atoms with Gasteiger partial charge in [0.2, 0.25) is 5.69 Å². The van der Waals surface area contributed by atoms with E-state index in [1.54, 1.807) is 12.4 Å². The predicted molar refractivity (Wildman–Crippen MR) is 190 cm³/mol. The summed E-state index contributed by atoms with van der Waals surface area (Å²) in [5, 5.41) is 0. The fraction of sp³-hybridized carbons (Fsp3) is 0.233. The second kappa shape index (κ2) is 12.8. The Morgan fingerprint density at radius 3 is 2.02 bits per heavy atom. The minimum atomic E-state index is 0.111. The SMILES string of the molecule is CCCC(CC)C1(CC)Cc2ccc(-c3cccc(-c4cc(-c5ccccc5)cc(-c5ncccn5)c4)c3)cc2-c2cccc[n+]21. The smallest absolute Gasteiger partial charge is 0.213 e. The van der Waals surface area contributed by atoms with Crippen molar-refractivity contribution >= 4 is 0 Å². The van der Waals surface area contributed by atoms with E-state index in [4.69, 9.17) is 0 Å². The zero-order valence-electron chi connectivity index (χ0n) is 27.2. The van der Waals surface area contributed by atoms with Crippen LogP contribution in [0.4, 0.5) is 0 Å². The molecular weight excluding hydrogens is 558 g/mol. The lowest BCUT2D eigenvalue weighted by Crippen LogP contribution is -2.64. The van der Waals surface area contributed by atoms with Crippen LogP contribution in [0, 0.1) is 5.92 Å². The van der Waals surface area contributed by atoms with Crippen molar-refractivity contribution in [3.05, 3.63) is 139 Å². The zero-order valence-corrected chi connectivity index (χ0v) is 27.2. The fourth-order valence-corrected chi connectivity index (χ4v) is 7.79. The van der Waals surface area contributed by atoms with Crippen LogP contribution in [0.25, 0.3) is 56.0 Å². The Balaban J connectivity index is 1.31. The molecule has 0 spiro atoms. The highest BCUT2D eigenvalue weighted by atomic mass is 15.1. The molecule has 6 aromatic rings. The second-order valence-corrected chi connectivity index (χ2v) is 12.7. The quantitative estimate of drug-likeness (QED) is 0.155. The first-order valence-electron chi connectivity index (χ1n) is 16.9. The zero-order chi connectivity index (χ0) is 31.5. The maximum atomic E-state index is 4.57. The van der Waals surface area contributed by atoms with Crippen LogP contribution in [0.3, 0.4) is 0 Å². The van der Waals surface area contributed by atoms with Crippen LogP contribution in [-0.4, -0.2) is 9.97 Å². The number of hydrogen-bond donors (Lipinski definition) is 0. The normalized spacial score (nSPS) is 16.0. The van der Waals surface area contributed by atoms with E-state index in [0.29, 0.717) is 5.92 Å². The molecule has 3 heterocycles. The van der Waals surface area contributed by atoms with E-state index in [0.717, 1.165) is 35.4 Å². The molecule has 0 fully saturated rings. The monoisotopic (exact) mass is 600 g/mol. The van der Waals surface area contributed by atoms with E-state index < -0.39 is 0 Å². The summed E-state index contributed by atoms with van der Waals surface area (Å²) < 4.78 is 2.63. The number of hydrogen-bond acceptors (Lipinski definition) is 2. The third-order valence-corrected chi connectivity index (χ3v) is 10.1. The molecular formula is C43H42N3+. The number of fused-ring (bicyclic) bond motifs is 3. The summed E-state index contributed by atoms with van der Waals surface area (Å²) in [6.07, 6.45) is 11.8. The Bertz CT molecular complexity index is 1910. The molecule has 1 aliphatic heterocycles. The van der Waals surface area contributed by atoms with E-state index in [2.05, 4.69) is 151 Å². The lowest BCUT2D eigenvalue weighted by molar-refractivity contribution is -0.766. The summed E-state index contributed by atoms with van der Waals surface area (Å²) in [5.41, 5.74) is 12.4. The predicted octanol–water partition coefficient (Wildman–Crippen LogP) is 10.6. The van der Waals surface area contributed by atoms with Gasteiger partial charge in [-0.15, -0.1) is 0 Å². The van der Waals surface area contributed by atoms with Gasteiger partial charge in [-0.05, 0) is 94.3 Å². The van der Waals surface area contributed by atoms with Gasteiger partial charge in [-0.1, -0.05) is 87.9 Å². The molecule has 0 aliphatic carbocycles. The molecule has 3 heteroatoms. The van der Waals surface area contributed by atoms with Gasteiger partial charge in [0.15, 0.2) is 17.6 Å². The number of nitrogens with zero attached hydrogens (tertiary/aromatic N) is 3. The van der Waals surface area contributed by atoms with Crippen LogP contribution in [0.2, 0.25) is 0 Å². The van der Waals surface area contributed by atoms with Gasteiger partial charge in [0, 0.05) is 48.8 Å². The standard InChI is InChI=1S/C43H42N3/c1-4-14-39(5-2)43(6-3)30-35-21-20-34(29-40(35)41-19-10-11-24-46(41)43)32-17-12-18-33(25-32)37-26-36(31-15-8-7-9-16-31)27-38(28-37)42-44-22-13-23-45-42/h7-13,15-29,39H,4-6,14,30H2,1-3H3/q+1. The molecule has 0 saturated carbocycles. The molecule has 3 nitrogen and oxygen atoms in total. The molecule has 0 amide bonds. The van der Waals surface area contributed by atoms with Crippen LogP contribution >= 0.6 is 0 Å². The van der Waals surface area contributed by atoms with Gasteiger partial charge < -0.3 is 0 Å². The molecule has 0 saturated heterocycles. The molecule has 7 rings (SSSR count). The Kier molecular flexibility index (Phi) is 8.32. The van der Waals surface area contributed by atoms with Gasteiger partial charge >= 0.3 is 0 Å². The van der Waals surface area contributed by atoms with Crippen LogP contribution < -0.4 is 4.57 Å². The summed E-state index contributed by atoms with van der Waals surface area (Å²) in [6, 6.07) is 41.9. The van der Waals surface area contributed by atoms with Gasteiger partial charge in [0.05, 0.1) is 5.56 Å². The lowest BCUT2D eigenvalue weighted by atomic mass is 9.70. The minimum absolute atomic E-state index is 0.111. The van der Waals surface area contributed by atoms with E-state index >= 15 is 0 Å². The van der Waals surface area contributed by atoms with Crippen molar-refractivity contribution in [2.45, 2.75) is 58.4 Å². The van der Waals surface area contributed by atoms with E-state index in [-0.39, 0.29) is 5.54 Å². The Hall–Kier alpha value is -4.89. The Labute approximate surface area is 273 Å². The maximum Gasteiger partial charge on any atom is 0.213 e. The Morgan fingerprint density at radius 2 is 1.28 bits per heavy atom. The number of aromatic nitrogens is 3. The van der Waals surface area contributed by atoms with Gasteiger partial charge in [0.1, 0.15) is 0 Å². The maximum absolute atomic E-state index is 4.57. The Morgan fingerprint density at radius 1 is 0.630 bits per heavy atom. The first-order valence-corrected chi connectivity index (χ1v) is 16.9. The van der Waals surface area contributed by atoms with Crippen molar-refractivity contribution in [1.29, 1.82) is 0 Å². The highest BCUT2D eigenvalue weighted by Crippen LogP contribution is 2.43. The minimum Gasteiger partial charge on any atom is -0.237 e. The third kappa shape index (κ3) is 5.45. The summed E-state index contributed by atoms with van der Waals surface area (Å²) in [4.78, 5) is 9.15. The molecule has 4 aromatic carbocycles. The second-order valence-electron chi connectivity index (χ2n) is 12.7. The number of benzene rings is 4. The van der Waals surface area contributed by atoms with Crippen LogP contribution in [0.5, 0.6) is 0 Å². The van der Waals surface area contributed by atoms with Gasteiger partial charge in [-0.25, -0.2) is 9.97 Å². The summed E-state index contributed by atoms with van der Waals surface area (Å²) in [7, 11) is 0. The average molecular weight is 601 g/mol. The molecule has 46 heavy (non-hydrogen) atoms. The molecule has 0 bridgehead atoms. The highest BCUT2D eigenvalue weighted by Gasteiger charge is 2.49. The summed E-state index contributed by atoms with van der Waals surface area (Å²) in [5.74, 6) is 1.38. The van der Waals surface area contributed by atoms with Crippen molar-refractivity contribution in [3.8, 4) is 56.0 Å². The van der Waals surface area contributed by atoms with Crippen molar-refractivity contribution in [3.63, 3.8) is 0 Å². The largest absolute Gasteiger partial charge is 0.237 e. The molecule has 2 unspecified atom stereocenters. The first-order chi connectivity index (χ1) is 22.6. The number of pyridine rings is 1. The van der Waals surface area contributed by atoms with Crippen molar-refractivity contribution in [1.82, 2.24) is 9.97 Å². The first kappa shape index (κ1) is 29.8. The summed E-state index contributed by atoms with van der Waals surface area (Å²) in [6.45, 7) is 7.08. The van der Waals surface area contributed by atoms with Gasteiger partial charge in [0.25, 0.3) is 0 Å². The molecule has 228 valence electrons. The van der Waals surface area contributed by atoms with Crippen molar-refractivity contribution in [2.75, 3.05) is 0 Å². The van der Waals surface area contributed by atoms with E-state index in [1.165, 1.54) is 58.3 Å². The molecule has 1 aliphatic rings. The van der Waals surface area contributed by atoms with Crippen molar-refractivity contribution in [2.24, 2.45) is 5.92 Å². The van der Waals surface area contributed by atoms with Crippen LogP contribution in [-0.2, 0) is 12.0 Å². The van der Waals surface area contributed by atoms with E-state index in [1.807, 2.05) is 6.07 Å². The van der Waals surface area contributed by atoms with Crippen LogP contribution in [0.15, 0.2) is 134 Å². The molecule has 0 N–H and O–H groups in total. The topological polar surface area (TPSA) is 29.7 Å². The average Bonchev–Trinajstić information content (AvgIpc) is 3.14. The van der Waals surface area contributed by atoms with Gasteiger partial charge in [-0.3, -0.25) is 0 Å². The molecule has 2 aromatic heterocycles. The third-order valence-electron chi connectivity index (χ3n) is 10.1. The lowest BCUT2D eigenvalue weighted by Gasteiger charge is -2.39. The van der Waals surface area contributed by atoms with Crippen molar-refractivity contribution < 1.29 is 4.57 Å². The van der Waals surface area contributed by atoms with Crippen LogP contribution in [0.1, 0.15) is 52.0 Å². The summed E-state index contributed by atoms with van der Waals surface area (Å²) >= 11 is 0. The van der Waals surface area contributed by atoms with E-state index in [9.17, 15) is 0 Å². The highest BCUT2D eigenvalue weighted by molar-refractivity contribution is 5.82. The number of rotatable bonds is 9. The van der Waals surface area contributed by atoms with Gasteiger partial charge in [-0.2, -0.15) is 4.57 Å². The fourth-order valence-electron chi connectivity index (χ4n) is 7.79. The molecule has 2 atom stereocenters. The molecule has 0 radical (unpaired) electrons.